The van der Waals surface area contributed by atoms with Crippen LogP contribution in [0.4, 0.5) is 5.69 Å². The van der Waals surface area contributed by atoms with Gasteiger partial charge in [0, 0.05) is 36.6 Å². The fourth-order valence-corrected chi connectivity index (χ4v) is 3.20. The van der Waals surface area contributed by atoms with E-state index < -0.39 is 0 Å². The molecule has 0 aliphatic rings. The summed E-state index contributed by atoms with van der Waals surface area (Å²) in [6, 6.07) is 5.43. The number of hydrogen-bond donors (Lipinski definition) is 0. The van der Waals surface area contributed by atoms with Crippen molar-refractivity contribution in [3.8, 4) is 11.5 Å². The van der Waals surface area contributed by atoms with Gasteiger partial charge < -0.3 is 14.4 Å². The van der Waals surface area contributed by atoms with Crippen molar-refractivity contribution < 1.29 is 14.3 Å². The van der Waals surface area contributed by atoms with E-state index in [1.165, 1.54) is 11.8 Å². The Morgan fingerprint density at radius 3 is 2.27 bits per heavy atom. The van der Waals surface area contributed by atoms with Crippen LogP contribution in [0, 0.1) is 13.8 Å². The van der Waals surface area contributed by atoms with Gasteiger partial charge in [-0.2, -0.15) is 0 Å². The summed E-state index contributed by atoms with van der Waals surface area (Å²) in [6.07, 6.45) is 2.95. The smallest absolute Gasteiger partial charge is 0.227 e. The van der Waals surface area contributed by atoms with Gasteiger partial charge in [0.1, 0.15) is 0 Å². The number of aryl methyl sites for hydroxylation is 2. The fourth-order valence-electron chi connectivity index (χ4n) is 2.74. The van der Waals surface area contributed by atoms with Gasteiger partial charge in [-0.3, -0.25) is 4.79 Å². The molecule has 0 aliphatic carbocycles. The average Bonchev–Trinajstić information content (AvgIpc) is 2.65. The highest BCUT2D eigenvalue weighted by atomic mass is 32.2. The number of carbonyl (C=O) groups excluding carboxylic acids is 1. The van der Waals surface area contributed by atoms with Gasteiger partial charge in [-0.15, -0.1) is 0 Å². The highest BCUT2D eigenvalue weighted by molar-refractivity contribution is 7.98. The van der Waals surface area contributed by atoms with Crippen molar-refractivity contribution in [1.82, 2.24) is 9.97 Å². The van der Waals surface area contributed by atoms with E-state index in [1.54, 1.807) is 38.3 Å². The molecular formula is C19H25N3O3S. The van der Waals surface area contributed by atoms with Crippen LogP contribution in [0.2, 0.25) is 0 Å². The normalized spacial score (nSPS) is 10.5. The lowest BCUT2D eigenvalue weighted by molar-refractivity contribution is -0.118. The van der Waals surface area contributed by atoms with Crippen LogP contribution in [0.15, 0.2) is 23.4 Å². The van der Waals surface area contributed by atoms with Gasteiger partial charge in [0.15, 0.2) is 16.7 Å². The maximum absolute atomic E-state index is 12.6. The van der Waals surface area contributed by atoms with Crippen LogP contribution in [-0.2, 0) is 11.2 Å². The predicted molar refractivity (Wildman–Crippen MR) is 105 cm³/mol. The summed E-state index contributed by atoms with van der Waals surface area (Å²) in [6.45, 7) is 3.93. The van der Waals surface area contributed by atoms with Gasteiger partial charge in [0.05, 0.1) is 14.2 Å². The molecule has 0 radical (unpaired) electrons. The van der Waals surface area contributed by atoms with Crippen LogP contribution >= 0.6 is 11.8 Å². The lowest BCUT2D eigenvalue weighted by Crippen LogP contribution is -2.26. The zero-order valence-electron chi connectivity index (χ0n) is 16.1. The number of rotatable bonds is 7. The van der Waals surface area contributed by atoms with Crippen molar-refractivity contribution in [3.63, 3.8) is 0 Å². The molecule has 6 nitrogen and oxygen atoms in total. The second kappa shape index (κ2) is 8.89. The Bertz CT molecular complexity index is 773. The van der Waals surface area contributed by atoms with E-state index in [1.807, 2.05) is 26.2 Å². The minimum Gasteiger partial charge on any atom is -0.493 e. The number of nitrogens with zero attached hydrogens (tertiary/aromatic N) is 3. The summed E-state index contributed by atoms with van der Waals surface area (Å²) in [4.78, 5) is 23.2. The number of carbonyl (C=O) groups is 1. The van der Waals surface area contributed by atoms with Crippen molar-refractivity contribution in [3.05, 3.63) is 35.2 Å². The van der Waals surface area contributed by atoms with Crippen LogP contribution in [0.25, 0.3) is 0 Å². The topological polar surface area (TPSA) is 64.5 Å². The lowest BCUT2D eigenvalue weighted by Gasteiger charge is -2.19. The Morgan fingerprint density at radius 1 is 1.12 bits per heavy atom. The second-order valence-electron chi connectivity index (χ2n) is 5.85. The first kappa shape index (κ1) is 20.0. The zero-order valence-corrected chi connectivity index (χ0v) is 16.9. The Labute approximate surface area is 158 Å². The molecular weight excluding hydrogens is 350 g/mol. The molecule has 2 aromatic rings. The van der Waals surface area contributed by atoms with Crippen molar-refractivity contribution in [1.29, 1.82) is 0 Å². The minimum absolute atomic E-state index is 0.0185. The molecule has 1 amide bonds. The first-order chi connectivity index (χ1) is 12.4. The number of benzene rings is 1. The molecule has 0 saturated carbocycles. The fraction of sp³-hybridized carbons (Fsp3) is 0.421. The molecule has 2 rings (SSSR count). The van der Waals surface area contributed by atoms with Crippen molar-refractivity contribution in [2.45, 2.75) is 31.8 Å². The first-order valence-electron chi connectivity index (χ1n) is 8.28. The summed E-state index contributed by atoms with van der Waals surface area (Å²) in [5.74, 6) is 1.25. The van der Waals surface area contributed by atoms with E-state index in [0.717, 1.165) is 27.8 Å². The second-order valence-corrected chi connectivity index (χ2v) is 6.63. The molecule has 0 bridgehead atoms. The zero-order chi connectivity index (χ0) is 19.3. The van der Waals surface area contributed by atoms with Crippen molar-refractivity contribution in [2.24, 2.45) is 0 Å². The SMILES string of the molecule is COc1ccc(N(C)C(=O)CCc2c(C)nc(SC)nc2C)cc1OC. The van der Waals surface area contributed by atoms with Gasteiger partial charge >= 0.3 is 0 Å². The maximum Gasteiger partial charge on any atom is 0.227 e. The third-order valence-corrected chi connectivity index (χ3v) is 4.85. The molecule has 0 unspecified atom stereocenters. The Hall–Kier alpha value is -2.28. The van der Waals surface area contributed by atoms with Crippen LogP contribution in [-0.4, -0.2) is 43.4 Å². The predicted octanol–water partition coefficient (Wildman–Crippen LogP) is 3.43. The molecule has 1 aromatic heterocycles. The monoisotopic (exact) mass is 375 g/mol. The summed E-state index contributed by atoms with van der Waals surface area (Å²) >= 11 is 1.52. The van der Waals surface area contributed by atoms with Crippen LogP contribution in [0.3, 0.4) is 0 Å². The minimum atomic E-state index is 0.0185. The van der Waals surface area contributed by atoms with E-state index in [-0.39, 0.29) is 5.91 Å². The van der Waals surface area contributed by atoms with Gasteiger partial charge in [0.25, 0.3) is 0 Å². The van der Waals surface area contributed by atoms with E-state index in [2.05, 4.69) is 9.97 Å². The summed E-state index contributed by atoms with van der Waals surface area (Å²) in [7, 11) is 4.92. The highest BCUT2D eigenvalue weighted by Crippen LogP contribution is 2.31. The van der Waals surface area contributed by atoms with Crippen molar-refractivity contribution in [2.75, 3.05) is 32.4 Å². The molecule has 0 saturated heterocycles. The van der Waals surface area contributed by atoms with Crippen molar-refractivity contribution >= 4 is 23.4 Å². The molecule has 1 heterocycles. The lowest BCUT2D eigenvalue weighted by atomic mass is 10.1. The van der Waals surface area contributed by atoms with E-state index >= 15 is 0 Å². The molecule has 0 N–H and O–H groups in total. The van der Waals surface area contributed by atoms with Gasteiger partial charge in [-0.1, -0.05) is 11.8 Å². The number of amides is 1. The van der Waals surface area contributed by atoms with Crippen LogP contribution in [0.5, 0.6) is 11.5 Å². The molecule has 0 aliphatic heterocycles. The Morgan fingerprint density at radius 2 is 1.73 bits per heavy atom. The summed E-state index contributed by atoms with van der Waals surface area (Å²) in [5.41, 5.74) is 3.67. The first-order valence-corrected chi connectivity index (χ1v) is 9.50. The van der Waals surface area contributed by atoms with E-state index in [0.29, 0.717) is 24.3 Å². The number of aromatic nitrogens is 2. The molecule has 0 atom stereocenters. The molecule has 26 heavy (non-hydrogen) atoms. The van der Waals surface area contributed by atoms with E-state index in [4.69, 9.17) is 9.47 Å². The number of methoxy groups -OCH3 is 2. The van der Waals surface area contributed by atoms with Crippen LogP contribution < -0.4 is 14.4 Å². The Kier molecular flexibility index (Phi) is 6.85. The Balaban J connectivity index is 2.11. The number of thioether (sulfide) groups is 1. The standard InChI is InChI=1S/C19H25N3O3S/c1-12-15(13(2)21-19(20-12)26-6)8-10-18(23)22(3)14-7-9-16(24-4)17(11-14)25-5/h7,9,11H,8,10H2,1-6H3. The van der Waals surface area contributed by atoms with E-state index in [9.17, 15) is 4.79 Å². The van der Waals surface area contributed by atoms with Gasteiger partial charge in [-0.25, -0.2) is 9.97 Å². The maximum atomic E-state index is 12.6. The quantitative estimate of drug-likeness (QED) is 0.546. The molecule has 0 fully saturated rings. The summed E-state index contributed by atoms with van der Waals surface area (Å²) < 4.78 is 10.5. The third-order valence-electron chi connectivity index (χ3n) is 4.30. The number of ether oxygens (including phenoxy) is 2. The van der Waals surface area contributed by atoms with Gasteiger partial charge in [-0.05, 0) is 44.2 Å². The number of hydrogen-bond acceptors (Lipinski definition) is 6. The highest BCUT2D eigenvalue weighted by Gasteiger charge is 2.16. The van der Waals surface area contributed by atoms with Crippen LogP contribution in [0.1, 0.15) is 23.4 Å². The summed E-state index contributed by atoms with van der Waals surface area (Å²) in [5, 5.41) is 0.762. The largest absolute Gasteiger partial charge is 0.493 e. The number of anilines is 1. The molecule has 140 valence electrons. The molecule has 7 heteroatoms. The molecule has 0 spiro atoms. The van der Waals surface area contributed by atoms with Gasteiger partial charge in [0.2, 0.25) is 5.91 Å². The average molecular weight is 375 g/mol. The molecule has 1 aromatic carbocycles. The third kappa shape index (κ3) is 4.46.